The molecule has 1 aromatic carbocycles. The zero-order chi connectivity index (χ0) is 20.1. The standard InChI is InChI=1S/C22H27N3O2S2/c1-2-25(17-9-10-18-20(14-17)28-15-24-18)12-6-5-11-23-22(26)27-21-13-16-7-3-4-8-19(16)29-21/h3-4,7-8,13,15,17H,2,5-6,9-12,14H2,1H3,(H,23,26). The van der Waals surface area contributed by atoms with Crippen LogP contribution in [0.4, 0.5) is 4.79 Å². The van der Waals surface area contributed by atoms with Gasteiger partial charge in [0.15, 0.2) is 5.06 Å². The minimum absolute atomic E-state index is 0.367. The van der Waals surface area contributed by atoms with Gasteiger partial charge in [-0.2, -0.15) is 0 Å². The monoisotopic (exact) mass is 429 g/mol. The lowest BCUT2D eigenvalue weighted by atomic mass is 9.96. The second kappa shape index (κ2) is 9.69. The number of likely N-dealkylation sites (N-methyl/N-ethyl adjacent to an activating group) is 1. The van der Waals surface area contributed by atoms with Gasteiger partial charge in [0.2, 0.25) is 0 Å². The number of nitrogens with zero attached hydrogens (tertiary/aromatic N) is 2. The van der Waals surface area contributed by atoms with Crippen molar-refractivity contribution in [2.75, 3.05) is 19.6 Å². The molecule has 0 bridgehead atoms. The lowest BCUT2D eigenvalue weighted by molar-refractivity contribution is 0.184. The molecule has 4 rings (SSSR count). The number of thiophene rings is 1. The summed E-state index contributed by atoms with van der Waals surface area (Å²) >= 11 is 3.29. The van der Waals surface area contributed by atoms with Gasteiger partial charge in [0.05, 0.1) is 11.2 Å². The molecule has 3 aromatic rings. The Kier molecular flexibility index (Phi) is 6.79. The van der Waals surface area contributed by atoms with Crippen molar-refractivity contribution in [3.8, 4) is 5.06 Å². The van der Waals surface area contributed by atoms with Crippen molar-refractivity contribution in [1.82, 2.24) is 15.2 Å². The third-order valence-electron chi connectivity index (χ3n) is 5.52. The number of thiazole rings is 1. The molecule has 1 N–H and O–H groups in total. The molecule has 1 unspecified atom stereocenters. The Bertz CT molecular complexity index is 919. The van der Waals surface area contributed by atoms with Gasteiger partial charge in [0, 0.05) is 28.2 Å². The Hall–Kier alpha value is -1.96. The summed E-state index contributed by atoms with van der Waals surface area (Å²) in [6.45, 7) is 5.02. The number of aromatic nitrogens is 1. The molecule has 5 nitrogen and oxygen atoms in total. The van der Waals surface area contributed by atoms with Crippen molar-refractivity contribution in [2.24, 2.45) is 0 Å². The highest BCUT2D eigenvalue weighted by Crippen LogP contribution is 2.31. The van der Waals surface area contributed by atoms with Gasteiger partial charge in [-0.25, -0.2) is 9.78 Å². The minimum atomic E-state index is -0.367. The van der Waals surface area contributed by atoms with Crippen LogP contribution in [0.25, 0.3) is 10.1 Å². The van der Waals surface area contributed by atoms with Crippen LogP contribution in [-0.2, 0) is 12.8 Å². The maximum atomic E-state index is 12.0. The summed E-state index contributed by atoms with van der Waals surface area (Å²) in [4.78, 5) is 20.6. The maximum Gasteiger partial charge on any atom is 0.413 e. The highest BCUT2D eigenvalue weighted by atomic mass is 32.1. The van der Waals surface area contributed by atoms with Gasteiger partial charge in [-0.15, -0.1) is 11.3 Å². The fraction of sp³-hybridized carbons (Fsp3) is 0.455. The second-order valence-electron chi connectivity index (χ2n) is 7.37. The molecule has 0 saturated carbocycles. The van der Waals surface area contributed by atoms with Gasteiger partial charge in [0.25, 0.3) is 0 Å². The van der Waals surface area contributed by atoms with E-state index in [1.165, 1.54) is 28.3 Å². The molecule has 0 saturated heterocycles. The van der Waals surface area contributed by atoms with E-state index in [9.17, 15) is 4.79 Å². The number of hydrogen-bond acceptors (Lipinski definition) is 6. The van der Waals surface area contributed by atoms with Crippen LogP contribution in [0.3, 0.4) is 0 Å². The van der Waals surface area contributed by atoms with Gasteiger partial charge < -0.3 is 15.0 Å². The SMILES string of the molecule is CCN(CCCCNC(=O)Oc1cc2ccccc2s1)C1CCc2ncsc2C1. The minimum Gasteiger partial charge on any atom is -0.399 e. The van der Waals surface area contributed by atoms with E-state index in [2.05, 4.69) is 22.1 Å². The summed E-state index contributed by atoms with van der Waals surface area (Å²) in [5.74, 6) is 0. The van der Waals surface area contributed by atoms with Crippen molar-refractivity contribution >= 4 is 38.9 Å². The number of amides is 1. The number of nitrogens with one attached hydrogen (secondary N) is 1. The lowest BCUT2D eigenvalue weighted by Gasteiger charge is -2.33. The number of benzene rings is 1. The zero-order valence-corrected chi connectivity index (χ0v) is 18.4. The first-order valence-electron chi connectivity index (χ1n) is 10.3. The Morgan fingerprint density at radius 3 is 3.10 bits per heavy atom. The average Bonchev–Trinajstić information content (AvgIpc) is 3.36. The van der Waals surface area contributed by atoms with Crippen LogP contribution in [0.15, 0.2) is 35.8 Å². The summed E-state index contributed by atoms with van der Waals surface area (Å²) in [5.41, 5.74) is 3.29. The second-order valence-corrected chi connectivity index (χ2v) is 9.36. The molecule has 154 valence electrons. The molecule has 0 radical (unpaired) electrons. The topological polar surface area (TPSA) is 54.5 Å². The summed E-state index contributed by atoms with van der Waals surface area (Å²) in [7, 11) is 0. The third-order valence-corrected chi connectivity index (χ3v) is 7.41. The first-order chi connectivity index (χ1) is 14.2. The van der Waals surface area contributed by atoms with Crippen LogP contribution < -0.4 is 10.1 Å². The summed E-state index contributed by atoms with van der Waals surface area (Å²) in [6.07, 6.45) is 5.09. The number of carbonyl (C=O) groups is 1. The summed E-state index contributed by atoms with van der Waals surface area (Å²) < 4.78 is 6.55. The smallest absolute Gasteiger partial charge is 0.399 e. The number of fused-ring (bicyclic) bond motifs is 2. The molecule has 1 amide bonds. The molecule has 2 aromatic heterocycles. The van der Waals surface area contributed by atoms with Gasteiger partial charge in [-0.05, 0) is 56.6 Å². The molecule has 0 aliphatic heterocycles. The van der Waals surface area contributed by atoms with Gasteiger partial charge in [-0.1, -0.05) is 36.5 Å². The van der Waals surface area contributed by atoms with Gasteiger partial charge in [0.1, 0.15) is 0 Å². The third kappa shape index (κ3) is 5.15. The molecule has 0 spiro atoms. The van der Waals surface area contributed by atoms with Gasteiger partial charge >= 0.3 is 6.09 Å². The normalized spacial score (nSPS) is 16.1. The maximum absolute atomic E-state index is 12.0. The van der Waals surface area contributed by atoms with Crippen LogP contribution in [0.1, 0.15) is 36.8 Å². The molecule has 2 heterocycles. The van der Waals surface area contributed by atoms with Gasteiger partial charge in [-0.3, -0.25) is 0 Å². The van der Waals surface area contributed by atoms with Crippen molar-refractivity contribution in [1.29, 1.82) is 0 Å². The largest absolute Gasteiger partial charge is 0.413 e. The highest BCUT2D eigenvalue weighted by molar-refractivity contribution is 7.20. The molecule has 0 fully saturated rings. The molecule has 1 aliphatic rings. The van der Waals surface area contributed by atoms with E-state index in [4.69, 9.17) is 4.74 Å². The Morgan fingerprint density at radius 1 is 1.34 bits per heavy atom. The summed E-state index contributed by atoms with van der Waals surface area (Å²) in [5, 5.41) is 4.62. The number of rotatable bonds is 8. The lowest BCUT2D eigenvalue weighted by Crippen LogP contribution is -2.39. The van der Waals surface area contributed by atoms with Crippen LogP contribution in [-0.4, -0.2) is 41.7 Å². The Morgan fingerprint density at radius 2 is 2.24 bits per heavy atom. The van der Waals surface area contributed by atoms with E-state index in [1.807, 2.05) is 35.8 Å². The molecule has 1 atom stereocenters. The van der Waals surface area contributed by atoms with E-state index in [-0.39, 0.29) is 6.09 Å². The van der Waals surface area contributed by atoms with E-state index in [0.29, 0.717) is 17.6 Å². The van der Waals surface area contributed by atoms with Crippen molar-refractivity contribution < 1.29 is 9.53 Å². The first kappa shape index (κ1) is 20.3. The first-order valence-corrected chi connectivity index (χ1v) is 12.0. The fourth-order valence-corrected chi connectivity index (χ4v) is 5.76. The number of aryl methyl sites for hydroxylation is 1. The number of ether oxygens (including phenoxy) is 1. The van der Waals surface area contributed by atoms with Crippen molar-refractivity contribution in [3.63, 3.8) is 0 Å². The molecule has 1 aliphatic carbocycles. The summed E-state index contributed by atoms with van der Waals surface area (Å²) in [6, 6.07) is 10.6. The zero-order valence-electron chi connectivity index (χ0n) is 16.7. The fourth-order valence-electron chi connectivity index (χ4n) is 3.96. The molecule has 7 heteroatoms. The van der Waals surface area contributed by atoms with Crippen LogP contribution in [0, 0.1) is 0 Å². The van der Waals surface area contributed by atoms with Crippen LogP contribution in [0.2, 0.25) is 0 Å². The molecular weight excluding hydrogens is 402 g/mol. The highest BCUT2D eigenvalue weighted by Gasteiger charge is 2.24. The number of hydrogen-bond donors (Lipinski definition) is 1. The number of unbranched alkanes of at least 4 members (excludes halogenated alkanes) is 1. The van der Waals surface area contributed by atoms with Crippen molar-refractivity contribution in [3.05, 3.63) is 46.4 Å². The van der Waals surface area contributed by atoms with Crippen LogP contribution in [0.5, 0.6) is 5.06 Å². The van der Waals surface area contributed by atoms with E-state index in [0.717, 1.165) is 48.9 Å². The van der Waals surface area contributed by atoms with Crippen LogP contribution >= 0.6 is 22.7 Å². The Labute approximate surface area is 179 Å². The number of carbonyl (C=O) groups excluding carboxylic acids is 1. The van der Waals surface area contributed by atoms with Crippen molar-refractivity contribution in [2.45, 2.75) is 45.1 Å². The van der Waals surface area contributed by atoms with E-state index in [1.54, 1.807) is 11.3 Å². The predicted molar refractivity (Wildman–Crippen MR) is 120 cm³/mol. The molecular formula is C22H27N3O2S2. The quantitative estimate of drug-likeness (QED) is 0.506. The predicted octanol–water partition coefficient (Wildman–Crippen LogP) is 5.11. The van der Waals surface area contributed by atoms with E-state index < -0.39 is 0 Å². The average molecular weight is 430 g/mol. The van der Waals surface area contributed by atoms with E-state index >= 15 is 0 Å². The Balaban J connectivity index is 1.16. The molecule has 29 heavy (non-hydrogen) atoms.